The van der Waals surface area contributed by atoms with Crippen LogP contribution in [0.15, 0.2) is 89.3 Å². The quantitative estimate of drug-likeness (QED) is 0.0945. The van der Waals surface area contributed by atoms with Crippen molar-refractivity contribution in [1.82, 2.24) is 14.8 Å². The number of nitrogens with zero attached hydrogens (tertiary/aromatic N) is 6. The lowest BCUT2D eigenvalue weighted by Crippen LogP contribution is -2.41. The summed E-state index contributed by atoms with van der Waals surface area (Å²) in [5.41, 5.74) is 3.08. The number of amidine groups is 1. The normalized spacial score (nSPS) is 15.3. The number of halogens is 5. The lowest BCUT2D eigenvalue weighted by atomic mass is 10.0. The van der Waals surface area contributed by atoms with E-state index in [1.54, 1.807) is 36.4 Å². The molecule has 0 unspecified atom stereocenters. The topological polar surface area (TPSA) is 102 Å². The Labute approximate surface area is 251 Å². The Bertz CT molecular complexity index is 1750. The highest BCUT2D eigenvalue weighted by atomic mass is 32.2. The maximum absolute atomic E-state index is 13.1. The summed E-state index contributed by atoms with van der Waals surface area (Å²) in [5.74, 6) is -0.944. The van der Waals surface area contributed by atoms with Gasteiger partial charge in [0.25, 0.3) is 5.12 Å². The van der Waals surface area contributed by atoms with Crippen LogP contribution in [0, 0.1) is 0 Å². The largest absolute Gasteiger partial charge is 0.499 e. The first-order valence-corrected chi connectivity index (χ1v) is 13.7. The summed E-state index contributed by atoms with van der Waals surface area (Å²) in [6.45, 7) is 3.97. The van der Waals surface area contributed by atoms with E-state index in [0.717, 1.165) is 17.7 Å². The summed E-state index contributed by atoms with van der Waals surface area (Å²) in [6.07, 6.45) is -8.37. The van der Waals surface area contributed by atoms with Crippen LogP contribution in [-0.4, -0.2) is 49.5 Å². The van der Waals surface area contributed by atoms with Crippen LogP contribution in [-0.2, 0) is 9.59 Å². The fourth-order valence-electron chi connectivity index (χ4n) is 4.06. The third kappa shape index (κ3) is 6.37. The molecule has 3 aromatic carbocycles. The summed E-state index contributed by atoms with van der Waals surface area (Å²) >= 11 is 0.706. The molecule has 0 bridgehead atoms. The number of carbonyl (C=O) groups excluding carboxylic acids is 2. The van der Waals surface area contributed by atoms with Crippen molar-refractivity contribution < 1.29 is 36.3 Å². The molecule has 0 atom stereocenters. The molecule has 0 spiro atoms. The SMILES string of the molecule is CC(C)c1ccccc1N1C(=O)C(=O)S/C1=N\N=C\c1ccc(-c2ncn(-c3ccc(OC(F)(F)C(F)(F)F)cc3)n2)cc1. The van der Waals surface area contributed by atoms with Gasteiger partial charge in [0.15, 0.2) is 5.82 Å². The molecule has 1 aromatic heterocycles. The highest BCUT2D eigenvalue weighted by molar-refractivity contribution is 8.29. The minimum Gasteiger partial charge on any atom is -0.426 e. The fraction of sp³-hybridized carbons (Fsp3) is 0.172. The van der Waals surface area contributed by atoms with Crippen molar-refractivity contribution in [3.63, 3.8) is 0 Å². The standard InChI is InChI=1S/C29H21F5N6O3S/c1-17(2)22-5-3-4-6-23(22)40-25(41)26(42)44-27(40)37-36-15-18-7-9-19(10-8-18)24-35-16-39(38-24)20-11-13-21(14-12-20)43-29(33,34)28(30,31)32/h3-17H,1-2H3/b36-15+,37-27-. The predicted octanol–water partition coefficient (Wildman–Crippen LogP) is 6.59. The van der Waals surface area contributed by atoms with Gasteiger partial charge in [0, 0.05) is 5.56 Å². The van der Waals surface area contributed by atoms with Crippen LogP contribution < -0.4 is 9.64 Å². The summed E-state index contributed by atoms with van der Waals surface area (Å²) in [4.78, 5) is 30.3. The molecule has 0 radical (unpaired) electrons. The molecule has 1 saturated heterocycles. The molecule has 0 saturated carbocycles. The molecule has 2 heterocycles. The Hall–Kier alpha value is -4.92. The monoisotopic (exact) mass is 628 g/mol. The van der Waals surface area contributed by atoms with Crippen LogP contribution in [0.1, 0.15) is 30.9 Å². The minimum atomic E-state index is -5.85. The Morgan fingerprint density at radius 3 is 2.27 bits per heavy atom. The highest BCUT2D eigenvalue weighted by Gasteiger charge is 2.61. The molecule has 4 aromatic rings. The van der Waals surface area contributed by atoms with Gasteiger partial charge in [-0.05, 0) is 59.1 Å². The van der Waals surface area contributed by atoms with Crippen molar-refractivity contribution in [1.29, 1.82) is 0 Å². The summed E-state index contributed by atoms with van der Waals surface area (Å²) in [5, 5.41) is 12.0. The van der Waals surface area contributed by atoms with Crippen molar-refractivity contribution >= 4 is 39.9 Å². The van der Waals surface area contributed by atoms with E-state index in [2.05, 4.69) is 25.0 Å². The van der Waals surface area contributed by atoms with Gasteiger partial charge in [-0.3, -0.25) is 9.59 Å². The first kappa shape index (κ1) is 30.5. The molecule has 9 nitrogen and oxygen atoms in total. The van der Waals surface area contributed by atoms with E-state index >= 15 is 0 Å². The number of hydrogen-bond donors (Lipinski definition) is 0. The van der Waals surface area contributed by atoms with Crippen molar-refractivity contribution in [2.24, 2.45) is 10.2 Å². The van der Waals surface area contributed by atoms with Gasteiger partial charge < -0.3 is 4.74 Å². The van der Waals surface area contributed by atoms with Gasteiger partial charge in [0.2, 0.25) is 5.17 Å². The number of thioether (sulfide) groups is 1. The van der Waals surface area contributed by atoms with Crippen LogP contribution in [0.3, 0.4) is 0 Å². The Morgan fingerprint density at radius 1 is 0.932 bits per heavy atom. The van der Waals surface area contributed by atoms with E-state index < -0.39 is 29.1 Å². The molecule has 5 rings (SSSR count). The molecule has 1 aliphatic heterocycles. The zero-order valence-electron chi connectivity index (χ0n) is 22.9. The van der Waals surface area contributed by atoms with Gasteiger partial charge in [0.05, 0.1) is 17.6 Å². The van der Waals surface area contributed by atoms with Crippen LogP contribution in [0.2, 0.25) is 0 Å². The Morgan fingerprint density at radius 2 is 1.61 bits per heavy atom. The molecule has 15 heteroatoms. The average Bonchev–Trinajstić information content (AvgIpc) is 3.58. The molecule has 1 amide bonds. The maximum atomic E-state index is 13.1. The second-order valence-corrected chi connectivity index (χ2v) is 10.6. The van der Waals surface area contributed by atoms with Crippen molar-refractivity contribution in [3.8, 4) is 22.8 Å². The number of alkyl halides is 5. The predicted molar refractivity (Wildman–Crippen MR) is 154 cm³/mol. The first-order valence-electron chi connectivity index (χ1n) is 12.9. The average molecular weight is 629 g/mol. The number of hydrogen-bond acceptors (Lipinski definition) is 8. The van der Waals surface area contributed by atoms with Gasteiger partial charge >= 0.3 is 18.2 Å². The number of anilines is 1. The molecule has 1 fully saturated rings. The zero-order valence-corrected chi connectivity index (χ0v) is 23.7. The van der Waals surface area contributed by atoms with E-state index in [0.29, 0.717) is 40.1 Å². The second-order valence-electron chi connectivity index (χ2n) is 9.62. The van der Waals surface area contributed by atoms with Gasteiger partial charge in [-0.1, -0.05) is 56.3 Å². The van der Waals surface area contributed by atoms with Crippen LogP contribution in [0.5, 0.6) is 5.75 Å². The number of carbonyl (C=O) groups is 2. The van der Waals surface area contributed by atoms with E-state index in [4.69, 9.17) is 0 Å². The van der Waals surface area contributed by atoms with Crippen LogP contribution >= 0.6 is 11.8 Å². The summed E-state index contributed by atoms with van der Waals surface area (Å²) in [7, 11) is 0. The number of para-hydroxylation sites is 1. The molecule has 0 aliphatic carbocycles. The third-order valence-corrected chi connectivity index (χ3v) is 7.05. The number of aromatic nitrogens is 3. The summed E-state index contributed by atoms with van der Waals surface area (Å²) < 4.78 is 68.5. The molecular formula is C29H21F5N6O3S. The second kappa shape index (κ2) is 12.0. The third-order valence-electron chi connectivity index (χ3n) is 6.24. The van der Waals surface area contributed by atoms with Gasteiger partial charge in [-0.15, -0.1) is 10.2 Å². The van der Waals surface area contributed by atoms with E-state index in [-0.39, 0.29) is 11.1 Å². The van der Waals surface area contributed by atoms with Crippen molar-refractivity contribution in [2.45, 2.75) is 32.1 Å². The molecule has 1 aliphatic rings. The first-order chi connectivity index (χ1) is 20.8. The van der Waals surface area contributed by atoms with E-state index in [1.165, 1.54) is 34.3 Å². The lowest BCUT2D eigenvalue weighted by molar-refractivity contribution is -0.360. The minimum absolute atomic E-state index is 0.103. The molecular weight excluding hydrogens is 607 g/mol. The van der Waals surface area contributed by atoms with Gasteiger partial charge in [-0.25, -0.2) is 14.6 Å². The van der Waals surface area contributed by atoms with Gasteiger partial charge in [-0.2, -0.15) is 27.1 Å². The Balaban J connectivity index is 1.28. The van der Waals surface area contributed by atoms with E-state index in [1.807, 2.05) is 26.0 Å². The lowest BCUT2D eigenvalue weighted by Gasteiger charge is -2.20. The van der Waals surface area contributed by atoms with Crippen molar-refractivity contribution in [3.05, 3.63) is 90.3 Å². The maximum Gasteiger partial charge on any atom is 0.499 e. The number of rotatable bonds is 8. The van der Waals surface area contributed by atoms with E-state index in [9.17, 15) is 31.5 Å². The van der Waals surface area contributed by atoms with Crippen LogP contribution in [0.4, 0.5) is 27.6 Å². The number of benzene rings is 3. The molecule has 44 heavy (non-hydrogen) atoms. The zero-order chi connectivity index (χ0) is 31.6. The molecule has 226 valence electrons. The molecule has 0 N–H and O–H groups in total. The number of amides is 1. The highest BCUT2D eigenvalue weighted by Crippen LogP contribution is 2.37. The Kier molecular flexibility index (Phi) is 8.32. The number of ether oxygens (including phenoxy) is 1. The van der Waals surface area contributed by atoms with Crippen LogP contribution in [0.25, 0.3) is 17.1 Å². The smallest absolute Gasteiger partial charge is 0.426 e. The fourth-order valence-corrected chi connectivity index (χ4v) is 4.77. The van der Waals surface area contributed by atoms with Gasteiger partial charge in [0.1, 0.15) is 12.1 Å². The summed E-state index contributed by atoms with van der Waals surface area (Å²) in [6, 6.07) is 18.6. The van der Waals surface area contributed by atoms with Crippen molar-refractivity contribution in [2.75, 3.05) is 4.90 Å².